The van der Waals surface area contributed by atoms with Crippen LogP contribution in [0.4, 0.5) is 4.39 Å². The van der Waals surface area contributed by atoms with Gasteiger partial charge in [-0.25, -0.2) is 4.39 Å². The molecule has 1 unspecified atom stereocenters. The normalized spacial score (nSPS) is 12.8. The van der Waals surface area contributed by atoms with Crippen molar-refractivity contribution < 1.29 is 14.2 Å². The molecule has 0 amide bonds. The summed E-state index contributed by atoms with van der Waals surface area (Å²) in [6.07, 6.45) is -0.553. The predicted molar refractivity (Wildman–Crippen MR) is 69.0 cm³/mol. The molecule has 4 nitrogen and oxygen atoms in total. The molecule has 0 spiro atoms. The van der Waals surface area contributed by atoms with E-state index in [0.29, 0.717) is 19.7 Å². The van der Waals surface area contributed by atoms with Crippen molar-refractivity contribution in [2.45, 2.75) is 19.6 Å². The van der Waals surface area contributed by atoms with Crippen molar-refractivity contribution in [3.05, 3.63) is 29.6 Å². The summed E-state index contributed by atoms with van der Waals surface area (Å²) in [6.45, 7) is 3.50. The number of aliphatic hydroxyl groups excluding tert-OH is 1. The lowest BCUT2D eigenvalue weighted by molar-refractivity contribution is 0.129. The average molecular weight is 256 g/mol. The van der Waals surface area contributed by atoms with Crippen LogP contribution in [0, 0.1) is 5.82 Å². The Morgan fingerprint density at radius 1 is 1.50 bits per heavy atom. The molecule has 0 saturated carbocycles. The number of benzene rings is 1. The lowest BCUT2D eigenvalue weighted by Gasteiger charge is -2.19. The minimum Gasteiger partial charge on any atom is -0.491 e. The first-order chi connectivity index (χ1) is 8.56. The Hall–Kier alpha value is -1.17. The largest absolute Gasteiger partial charge is 0.491 e. The summed E-state index contributed by atoms with van der Waals surface area (Å²) in [4.78, 5) is 1.90. The van der Waals surface area contributed by atoms with Gasteiger partial charge >= 0.3 is 0 Å². The smallest absolute Gasteiger partial charge is 0.165 e. The molecule has 0 aliphatic rings. The maximum atomic E-state index is 13.6. The highest BCUT2D eigenvalue weighted by Crippen LogP contribution is 2.19. The van der Waals surface area contributed by atoms with Gasteiger partial charge in [0, 0.05) is 19.6 Å². The van der Waals surface area contributed by atoms with E-state index in [4.69, 9.17) is 10.5 Å². The van der Waals surface area contributed by atoms with Crippen molar-refractivity contribution in [3.8, 4) is 5.75 Å². The summed E-state index contributed by atoms with van der Waals surface area (Å²) >= 11 is 0. The van der Waals surface area contributed by atoms with Gasteiger partial charge in [0.05, 0.1) is 12.7 Å². The molecule has 1 rings (SSSR count). The molecule has 0 heterocycles. The lowest BCUT2D eigenvalue weighted by atomic mass is 10.2. The van der Waals surface area contributed by atoms with Crippen LogP contribution in [0.3, 0.4) is 0 Å². The molecule has 0 bridgehead atoms. The summed E-state index contributed by atoms with van der Waals surface area (Å²) < 4.78 is 18.7. The third-order valence-corrected chi connectivity index (χ3v) is 2.54. The molecule has 1 aromatic rings. The number of rotatable bonds is 7. The maximum absolute atomic E-state index is 13.6. The Bertz CT molecular complexity index is 374. The van der Waals surface area contributed by atoms with Crippen molar-refractivity contribution in [1.82, 2.24) is 4.90 Å². The van der Waals surface area contributed by atoms with Crippen LogP contribution < -0.4 is 10.5 Å². The van der Waals surface area contributed by atoms with E-state index in [-0.39, 0.29) is 18.1 Å². The molecule has 5 heteroatoms. The Labute approximate surface area is 107 Å². The van der Waals surface area contributed by atoms with Gasteiger partial charge < -0.3 is 15.6 Å². The van der Waals surface area contributed by atoms with E-state index in [9.17, 15) is 9.50 Å². The highest BCUT2D eigenvalue weighted by molar-refractivity contribution is 5.29. The van der Waals surface area contributed by atoms with Crippen molar-refractivity contribution in [1.29, 1.82) is 0 Å². The second-order valence-corrected chi connectivity index (χ2v) is 4.28. The number of nitrogens with zero attached hydrogens (tertiary/aromatic N) is 1. The van der Waals surface area contributed by atoms with Gasteiger partial charge in [-0.2, -0.15) is 0 Å². The average Bonchev–Trinajstić information content (AvgIpc) is 2.32. The Morgan fingerprint density at radius 2 is 2.22 bits per heavy atom. The van der Waals surface area contributed by atoms with Gasteiger partial charge in [0.1, 0.15) is 0 Å². The first kappa shape index (κ1) is 14.9. The zero-order chi connectivity index (χ0) is 13.5. The van der Waals surface area contributed by atoms with Crippen molar-refractivity contribution >= 4 is 0 Å². The minimum atomic E-state index is -0.553. The first-order valence-corrected chi connectivity index (χ1v) is 6.04. The number of aliphatic hydroxyl groups is 1. The molecule has 0 fully saturated rings. The molecular weight excluding hydrogens is 235 g/mol. The number of ether oxygens (including phenoxy) is 1. The quantitative estimate of drug-likeness (QED) is 0.763. The Balaban J connectivity index is 2.59. The standard InChI is InChI=1S/C13H21FN2O2/c1-3-18-13-5-4-10(6-12(13)14)8-16(2)9-11(17)7-15/h4-6,11,17H,3,7-9,15H2,1-2H3. The highest BCUT2D eigenvalue weighted by Gasteiger charge is 2.09. The van der Waals surface area contributed by atoms with E-state index >= 15 is 0 Å². The zero-order valence-electron chi connectivity index (χ0n) is 10.9. The monoisotopic (exact) mass is 256 g/mol. The third-order valence-electron chi connectivity index (χ3n) is 2.54. The molecule has 102 valence electrons. The van der Waals surface area contributed by atoms with Crippen LogP contribution in [0.1, 0.15) is 12.5 Å². The van der Waals surface area contributed by atoms with Crippen molar-refractivity contribution in [3.63, 3.8) is 0 Å². The van der Waals surface area contributed by atoms with Crippen LogP contribution in [-0.2, 0) is 6.54 Å². The van der Waals surface area contributed by atoms with Crippen LogP contribution in [0.2, 0.25) is 0 Å². The number of nitrogens with two attached hydrogens (primary N) is 1. The van der Waals surface area contributed by atoms with E-state index < -0.39 is 6.10 Å². The van der Waals surface area contributed by atoms with Crippen molar-refractivity contribution in [2.24, 2.45) is 5.73 Å². The number of likely N-dealkylation sites (N-methyl/N-ethyl adjacent to an activating group) is 1. The molecule has 0 aliphatic heterocycles. The van der Waals surface area contributed by atoms with Gasteiger partial charge in [-0.1, -0.05) is 6.07 Å². The van der Waals surface area contributed by atoms with Gasteiger partial charge in [0.25, 0.3) is 0 Å². The number of hydrogen-bond acceptors (Lipinski definition) is 4. The fourth-order valence-corrected chi connectivity index (χ4v) is 1.73. The van der Waals surface area contributed by atoms with Gasteiger partial charge in [-0.05, 0) is 31.7 Å². The van der Waals surface area contributed by atoms with E-state index in [1.165, 1.54) is 6.07 Å². The van der Waals surface area contributed by atoms with Gasteiger partial charge in [0.2, 0.25) is 0 Å². The highest BCUT2D eigenvalue weighted by atomic mass is 19.1. The SMILES string of the molecule is CCOc1ccc(CN(C)CC(O)CN)cc1F. The first-order valence-electron chi connectivity index (χ1n) is 6.04. The molecular formula is C13H21FN2O2. The number of halogens is 1. The van der Waals surface area contributed by atoms with Crippen LogP contribution in [0.25, 0.3) is 0 Å². The molecule has 0 saturated heterocycles. The summed E-state index contributed by atoms with van der Waals surface area (Å²) in [5.41, 5.74) is 6.17. The molecule has 3 N–H and O–H groups in total. The number of hydrogen-bond donors (Lipinski definition) is 2. The molecule has 1 atom stereocenters. The second-order valence-electron chi connectivity index (χ2n) is 4.28. The second kappa shape index (κ2) is 7.31. The zero-order valence-corrected chi connectivity index (χ0v) is 10.9. The summed E-state index contributed by atoms with van der Waals surface area (Å²) in [5.74, 6) is -0.0898. The fourth-order valence-electron chi connectivity index (χ4n) is 1.73. The van der Waals surface area contributed by atoms with E-state index in [1.54, 1.807) is 6.07 Å². The molecule has 1 aromatic carbocycles. The lowest BCUT2D eigenvalue weighted by Crippen LogP contribution is -2.33. The molecule has 0 radical (unpaired) electrons. The molecule has 18 heavy (non-hydrogen) atoms. The van der Waals surface area contributed by atoms with Gasteiger partial charge in [-0.3, -0.25) is 4.90 Å². The third kappa shape index (κ3) is 4.60. The Kier molecular flexibility index (Phi) is 6.04. The van der Waals surface area contributed by atoms with Crippen LogP contribution in [0.5, 0.6) is 5.75 Å². The predicted octanol–water partition coefficient (Wildman–Crippen LogP) is 0.976. The molecule has 0 aromatic heterocycles. The van der Waals surface area contributed by atoms with Crippen LogP contribution in [-0.4, -0.2) is 42.9 Å². The summed E-state index contributed by atoms with van der Waals surface area (Å²) in [5, 5.41) is 9.41. The van der Waals surface area contributed by atoms with Gasteiger partial charge in [0.15, 0.2) is 11.6 Å². The van der Waals surface area contributed by atoms with E-state index in [0.717, 1.165) is 5.56 Å². The van der Waals surface area contributed by atoms with Crippen LogP contribution in [0.15, 0.2) is 18.2 Å². The summed E-state index contributed by atoms with van der Waals surface area (Å²) in [7, 11) is 1.85. The Morgan fingerprint density at radius 3 is 2.78 bits per heavy atom. The van der Waals surface area contributed by atoms with E-state index in [2.05, 4.69) is 0 Å². The van der Waals surface area contributed by atoms with Gasteiger partial charge in [-0.15, -0.1) is 0 Å². The topological polar surface area (TPSA) is 58.7 Å². The minimum absolute atomic E-state index is 0.224. The molecule has 0 aliphatic carbocycles. The maximum Gasteiger partial charge on any atom is 0.165 e. The van der Waals surface area contributed by atoms with Crippen LogP contribution >= 0.6 is 0 Å². The van der Waals surface area contributed by atoms with Crippen molar-refractivity contribution in [2.75, 3.05) is 26.7 Å². The summed E-state index contributed by atoms with van der Waals surface area (Å²) in [6, 6.07) is 4.90. The fraction of sp³-hybridized carbons (Fsp3) is 0.538. The van der Waals surface area contributed by atoms with E-state index in [1.807, 2.05) is 24.9 Å².